The number of fused-ring (bicyclic) bond motifs is 1. The van der Waals surface area contributed by atoms with Crippen LogP contribution in [0.25, 0.3) is 32.8 Å². The van der Waals surface area contributed by atoms with Crippen molar-refractivity contribution in [3.05, 3.63) is 57.5 Å². The van der Waals surface area contributed by atoms with Gasteiger partial charge in [0.05, 0.1) is 10.2 Å². The lowest BCUT2D eigenvalue weighted by atomic mass is 9.96. The zero-order valence-electron chi connectivity index (χ0n) is 12.6. The van der Waals surface area contributed by atoms with Gasteiger partial charge in [-0.2, -0.15) is 4.98 Å². The minimum Gasteiger partial charge on any atom is -0.334 e. The smallest absolute Gasteiger partial charge is 0.305 e. The van der Waals surface area contributed by atoms with Crippen molar-refractivity contribution in [3.8, 4) is 22.6 Å². The van der Waals surface area contributed by atoms with Crippen LogP contribution >= 0.6 is 11.3 Å². The summed E-state index contributed by atoms with van der Waals surface area (Å²) in [6.45, 7) is 3.84. The number of rotatable bonds is 2. The molecule has 23 heavy (non-hydrogen) atoms. The number of nitrogens with zero attached hydrogens (tertiary/aromatic N) is 2. The zero-order chi connectivity index (χ0) is 16.0. The number of nitrogens with one attached hydrogen (secondary N) is 1. The van der Waals surface area contributed by atoms with E-state index in [4.69, 9.17) is 4.52 Å². The van der Waals surface area contributed by atoms with Gasteiger partial charge in [0.25, 0.3) is 5.89 Å². The van der Waals surface area contributed by atoms with E-state index in [0.717, 1.165) is 32.5 Å². The van der Waals surface area contributed by atoms with Crippen molar-refractivity contribution in [3.63, 3.8) is 0 Å². The molecule has 0 aliphatic heterocycles. The molecule has 0 aliphatic carbocycles. The second-order valence-corrected chi connectivity index (χ2v) is 6.37. The molecule has 0 radical (unpaired) electrons. The predicted octanol–water partition coefficient (Wildman–Crippen LogP) is 3.92. The minimum absolute atomic E-state index is 0.0380. The van der Waals surface area contributed by atoms with E-state index in [-0.39, 0.29) is 4.87 Å². The molecule has 2 aromatic carbocycles. The Labute approximate surface area is 135 Å². The SMILES string of the molecule is Cc1noc(-c2cccc(-c3ccc4[nH]c(=O)sc4c3)c2C)n1. The molecule has 0 unspecified atom stereocenters. The van der Waals surface area contributed by atoms with E-state index >= 15 is 0 Å². The lowest BCUT2D eigenvalue weighted by Crippen LogP contribution is -1.89. The summed E-state index contributed by atoms with van der Waals surface area (Å²) in [5.41, 5.74) is 5.00. The summed E-state index contributed by atoms with van der Waals surface area (Å²) in [5.74, 6) is 1.14. The number of aromatic nitrogens is 3. The van der Waals surface area contributed by atoms with Crippen molar-refractivity contribution in [2.24, 2.45) is 0 Å². The highest BCUT2D eigenvalue weighted by Crippen LogP contribution is 2.32. The molecule has 4 rings (SSSR count). The highest BCUT2D eigenvalue weighted by atomic mass is 32.1. The molecule has 0 fully saturated rings. The number of benzene rings is 2. The number of aromatic amines is 1. The van der Waals surface area contributed by atoms with E-state index in [1.165, 1.54) is 11.3 Å². The van der Waals surface area contributed by atoms with Gasteiger partial charge < -0.3 is 9.51 Å². The fraction of sp³-hybridized carbons (Fsp3) is 0.118. The third-order valence-corrected chi connectivity index (χ3v) is 4.67. The summed E-state index contributed by atoms with van der Waals surface area (Å²) in [5, 5.41) is 3.86. The summed E-state index contributed by atoms with van der Waals surface area (Å²) < 4.78 is 6.24. The molecule has 2 heterocycles. The predicted molar refractivity (Wildman–Crippen MR) is 90.6 cm³/mol. The Hall–Kier alpha value is -2.73. The third kappa shape index (κ3) is 2.37. The van der Waals surface area contributed by atoms with E-state index in [0.29, 0.717) is 11.7 Å². The van der Waals surface area contributed by atoms with Crippen molar-refractivity contribution >= 4 is 21.6 Å². The molecule has 114 valence electrons. The van der Waals surface area contributed by atoms with E-state index < -0.39 is 0 Å². The second kappa shape index (κ2) is 5.17. The van der Waals surface area contributed by atoms with Crippen LogP contribution < -0.4 is 4.87 Å². The van der Waals surface area contributed by atoms with Crippen molar-refractivity contribution < 1.29 is 4.52 Å². The largest absolute Gasteiger partial charge is 0.334 e. The highest BCUT2D eigenvalue weighted by molar-refractivity contribution is 7.16. The Morgan fingerprint density at radius 3 is 2.74 bits per heavy atom. The molecule has 6 heteroatoms. The van der Waals surface area contributed by atoms with Crippen molar-refractivity contribution in [2.75, 3.05) is 0 Å². The monoisotopic (exact) mass is 323 g/mol. The summed E-state index contributed by atoms with van der Waals surface area (Å²) in [4.78, 5) is 18.6. The quantitative estimate of drug-likeness (QED) is 0.607. The van der Waals surface area contributed by atoms with Gasteiger partial charge in [-0.3, -0.25) is 4.79 Å². The van der Waals surface area contributed by atoms with E-state index in [1.54, 1.807) is 6.92 Å². The number of H-pyrrole nitrogens is 1. The van der Waals surface area contributed by atoms with Gasteiger partial charge in [0.15, 0.2) is 5.82 Å². The van der Waals surface area contributed by atoms with Crippen LogP contribution in [-0.2, 0) is 0 Å². The Morgan fingerprint density at radius 2 is 1.96 bits per heavy atom. The summed E-state index contributed by atoms with van der Waals surface area (Å²) >= 11 is 1.22. The van der Waals surface area contributed by atoms with Crippen LogP contribution in [0.1, 0.15) is 11.4 Å². The zero-order valence-corrected chi connectivity index (χ0v) is 13.4. The van der Waals surface area contributed by atoms with E-state index in [1.807, 2.05) is 37.3 Å². The number of hydrogen-bond donors (Lipinski definition) is 1. The molecule has 0 atom stereocenters. The van der Waals surface area contributed by atoms with Crippen LogP contribution in [0.2, 0.25) is 0 Å². The van der Waals surface area contributed by atoms with Crippen LogP contribution in [0.4, 0.5) is 0 Å². The normalized spacial score (nSPS) is 11.2. The van der Waals surface area contributed by atoms with Gasteiger partial charge in [-0.15, -0.1) is 0 Å². The van der Waals surface area contributed by atoms with Gasteiger partial charge in [-0.1, -0.05) is 34.7 Å². The van der Waals surface area contributed by atoms with Crippen LogP contribution in [0, 0.1) is 13.8 Å². The van der Waals surface area contributed by atoms with Crippen molar-refractivity contribution in [1.82, 2.24) is 15.1 Å². The first-order valence-corrected chi connectivity index (χ1v) is 7.97. The topological polar surface area (TPSA) is 71.8 Å². The number of thiazole rings is 1. The van der Waals surface area contributed by atoms with Crippen molar-refractivity contribution in [1.29, 1.82) is 0 Å². The van der Waals surface area contributed by atoms with E-state index in [2.05, 4.69) is 21.2 Å². The highest BCUT2D eigenvalue weighted by Gasteiger charge is 2.13. The molecule has 4 aromatic rings. The van der Waals surface area contributed by atoms with E-state index in [9.17, 15) is 4.79 Å². The third-order valence-electron chi connectivity index (χ3n) is 3.82. The first-order valence-electron chi connectivity index (χ1n) is 7.15. The van der Waals surface area contributed by atoms with Gasteiger partial charge in [-0.05, 0) is 48.7 Å². The molecule has 1 N–H and O–H groups in total. The summed E-state index contributed by atoms with van der Waals surface area (Å²) in [6, 6.07) is 12.0. The molecule has 5 nitrogen and oxygen atoms in total. The molecular weight excluding hydrogens is 310 g/mol. The number of aryl methyl sites for hydroxylation is 1. The first-order chi connectivity index (χ1) is 11.1. The average Bonchev–Trinajstić information content (AvgIpc) is 3.11. The van der Waals surface area contributed by atoms with Crippen LogP contribution in [-0.4, -0.2) is 15.1 Å². The first kappa shape index (κ1) is 13.9. The van der Waals surface area contributed by atoms with Gasteiger partial charge >= 0.3 is 4.87 Å². The van der Waals surface area contributed by atoms with Gasteiger partial charge in [-0.25, -0.2) is 0 Å². The molecular formula is C17H13N3O2S. The average molecular weight is 323 g/mol. The molecule has 0 aliphatic rings. The van der Waals surface area contributed by atoms with Gasteiger partial charge in [0, 0.05) is 5.56 Å². The lowest BCUT2D eigenvalue weighted by Gasteiger charge is -2.09. The Bertz CT molecular complexity index is 1070. The maximum atomic E-state index is 11.5. The second-order valence-electron chi connectivity index (χ2n) is 5.35. The maximum Gasteiger partial charge on any atom is 0.305 e. The molecule has 0 saturated heterocycles. The standard InChI is InChI=1S/C17H13N3O2S/c1-9-12(4-3-5-13(9)16-18-10(2)20-22-16)11-6-7-14-15(8-11)23-17(21)19-14/h3-8H,1-2H3,(H,19,21). The molecule has 0 spiro atoms. The molecule has 2 aromatic heterocycles. The number of hydrogen-bond acceptors (Lipinski definition) is 5. The summed E-state index contributed by atoms with van der Waals surface area (Å²) in [6.07, 6.45) is 0. The molecule has 0 saturated carbocycles. The van der Waals surface area contributed by atoms with Crippen LogP contribution in [0.5, 0.6) is 0 Å². The lowest BCUT2D eigenvalue weighted by molar-refractivity contribution is 0.425. The fourth-order valence-corrected chi connectivity index (χ4v) is 3.48. The fourth-order valence-electron chi connectivity index (χ4n) is 2.70. The minimum atomic E-state index is -0.0380. The Morgan fingerprint density at radius 1 is 1.13 bits per heavy atom. The van der Waals surface area contributed by atoms with Crippen molar-refractivity contribution in [2.45, 2.75) is 13.8 Å². The molecule has 0 amide bonds. The van der Waals surface area contributed by atoms with Crippen LogP contribution in [0.3, 0.4) is 0 Å². The van der Waals surface area contributed by atoms with Gasteiger partial charge in [0.1, 0.15) is 0 Å². The Kier molecular flexibility index (Phi) is 3.12. The van der Waals surface area contributed by atoms with Gasteiger partial charge in [0.2, 0.25) is 0 Å². The molecule has 0 bridgehead atoms. The van der Waals surface area contributed by atoms with Crippen LogP contribution in [0.15, 0.2) is 45.7 Å². The Balaban J connectivity index is 1.89. The summed E-state index contributed by atoms with van der Waals surface area (Å²) in [7, 11) is 0. The maximum absolute atomic E-state index is 11.5.